The summed E-state index contributed by atoms with van der Waals surface area (Å²) in [6.07, 6.45) is 2.96. The molecule has 0 aromatic carbocycles. The van der Waals surface area contributed by atoms with Crippen LogP contribution in [0.3, 0.4) is 0 Å². The van der Waals surface area contributed by atoms with Crippen molar-refractivity contribution in [3.63, 3.8) is 0 Å². The van der Waals surface area contributed by atoms with E-state index in [2.05, 4.69) is 0 Å². The van der Waals surface area contributed by atoms with Gasteiger partial charge in [0.1, 0.15) is 6.26 Å². The van der Waals surface area contributed by atoms with Crippen LogP contribution in [0.4, 0.5) is 0 Å². The van der Waals surface area contributed by atoms with Gasteiger partial charge < -0.3 is 14.2 Å². The number of furan rings is 1. The molecule has 1 aromatic heterocycles. The summed E-state index contributed by atoms with van der Waals surface area (Å²) in [7, 11) is 0. The Morgan fingerprint density at radius 3 is 2.63 bits per heavy atom. The Morgan fingerprint density at radius 1 is 1.37 bits per heavy atom. The van der Waals surface area contributed by atoms with E-state index in [0.29, 0.717) is 25.2 Å². The lowest BCUT2D eigenvalue weighted by atomic mass is 10.1. The zero-order valence-corrected chi connectivity index (χ0v) is 11.6. The molecule has 1 aliphatic rings. The van der Waals surface area contributed by atoms with E-state index in [0.717, 1.165) is 0 Å². The Hall–Kier alpha value is -1.78. The lowest BCUT2D eigenvalue weighted by Crippen LogP contribution is -2.56. The van der Waals surface area contributed by atoms with Crippen LogP contribution in [0.1, 0.15) is 31.1 Å². The average molecular weight is 264 g/mol. The molecule has 5 heteroatoms. The summed E-state index contributed by atoms with van der Waals surface area (Å²) in [6.45, 7) is 7.54. The van der Waals surface area contributed by atoms with Gasteiger partial charge >= 0.3 is 0 Å². The van der Waals surface area contributed by atoms with Crippen molar-refractivity contribution in [3.8, 4) is 0 Å². The minimum absolute atomic E-state index is 0.00308. The first-order valence-electron chi connectivity index (χ1n) is 6.62. The van der Waals surface area contributed by atoms with Crippen LogP contribution in [0.5, 0.6) is 0 Å². The van der Waals surface area contributed by atoms with Crippen molar-refractivity contribution >= 4 is 11.8 Å². The van der Waals surface area contributed by atoms with Gasteiger partial charge in [-0.15, -0.1) is 0 Å². The van der Waals surface area contributed by atoms with Crippen LogP contribution in [-0.4, -0.2) is 47.3 Å². The van der Waals surface area contributed by atoms with Crippen LogP contribution in [0.15, 0.2) is 23.0 Å². The molecule has 0 aliphatic carbocycles. The third-order valence-corrected chi connectivity index (χ3v) is 3.46. The van der Waals surface area contributed by atoms with Gasteiger partial charge in [0.15, 0.2) is 0 Å². The number of carbonyl (C=O) groups excluding carboxylic acids is 2. The maximum absolute atomic E-state index is 12.2. The summed E-state index contributed by atoms with van der Waals surface area (Å²) in [6, 6.07) is 1.69. The molecule has 1 aromatic rings. The molecular weight excluding hydrogens is 244 g/mol. The summed E-state index contributed by atoms with van der Waals surface area (Å²) in [5, 5.41) is 0. The molecule has 1 fully saturated rings. The molecule has 2 heterocycles. The number of nitrogens with zero attached hydrogens (tertiary/aromatic N) is 2. The van der Waals surface area contributed by atoms with E-state index in [1.807, 2.05) is 25.7 Å². The highest BCUT2D eigenvalue weighted by Crippen LogP contribution is 2.16. The molecule has 0 radical (unpaired) electrons. The van der Waals surface area contributed by atoms with E-state index in [1.165, 1.54) is 12.5 Å². The highest BCUT2D eigenvalue weighted by molar-refractivity contribution is 5.94. The third kappa shape index (κ3) is 2.80. The van der Waals surface area contributed by atoms with Crippen molar-refractivity contribution in [2.75, 3.05) is 19.6 Å². The standard InChI is InChI=1S/C14H20N2O3/c1-10(2)13(17)15-5-6-16(11(3)8-15)14(18)12-4-7-19-9-12/h4,7,9-11H,5-6,8H2,1-3H3. The molecule has 5 nitrogen and oxygen atoms in total. The molecule has 1 unspecified atom stereocenters. The Morgan fingerprint density at radius 2 is 2.11 bits per heavy atom. The van der Waals surface area contributed by atoms with E-state index in [-0.39, 0.29) is 23.8 Å². The van der Waals surface area contributed by atoms with E-state index in [9.17, 15) is 9.59 Å². The number of amides is 2. The van der Waals surface area contributed by atoms with Crippen molar-refractivity contribution < 1.29 is 14.0 Å². The van der Waals surface area contributed by atoms with Gasteiger partial charge in [-0.2, -0.15) is 0 Å². The summed E-state index contributed by atoms with van der Waals surface area (Å²) in [5.74, 6) is 0.128. The minimum Gasteiger partial charge on any atom is -0.472 e. The molecule has 1 aliphatic heterocycles. The van der Waals surface area contributed by atoms with Gasteiger partial charge in [-0.05, 0) is 13.0 Å². The van der Waals surface area contributed by atoms with E-state index in [4.69, 9.17) is 4.42 Å². The maximum atomic E-state index is 12.2. The molecule has 0 N–H and O–H groups in total. The highest BCUT2D eigenvalue weighted by Gasteiger charge is 2.31. The predicted molar refractivity (Wildman–Crippen MR) is 70.6 cm³/mol. The van der Waals surface area contributed by atoms with Gasteiger partial charge in [0.2, 0.25) is 5.91 Å². The molecule has 0 saturated carbocycles. The van der Waals surface area contributed by atoms with E-state index >= 15 is 0 Å². The largest absolute Gasteiger partial charge is 0.472 e. The minimum atomic E-state index is -0.0297. The maximum Gasteiger partial charge on any atom is 0.257 e. The Bertz CT molecular complexity index is 453. The molecule has 19 heavy (non-hydrogen) atoms. The Labute approximate surface area is 113 Å². The van der Waals surface area contributed by atoms with Gasteiger partial charge in [-0.3, -0.25) is 9.59 Å². The molecule has 2 rings (SSSR count). The fraction of sp³-hybridized carbons (Fsp3) is 0.571. The average Bonchev–Trinajstić information content (AvgIpc) is 2.90. The molecule has 1 atom stereocenters. The lowest BCUT2D eigenvalue weighted by molar-refractivity contribution is -0.136. The number of rotatable bonds is 2. The van der Waals surface area contributed by atoms with Crippen molar-refractivity contribution in [3.05, 3.63) is 24.2 Å². The normalized spacial score (nSPS) is 19.9. The molecule has 104 valence electrons. The second-order valence-electron chi connectivity index (χ2n) is 5.30. The van der Waals surface area contributed by atoms with Gasteiger partial charge in [0.05, 0.1) is 11.8 Å². The zero-order valence-electron chi connectivity index (χ0n) is 11.6. The highest BCUT2D eigenvalue weighted by atomic mass is 16.3. The van der Waals surface area contributed by atoms with Gasteiger partial charge in [-0.25, -0.2) is 0 Å². The second kappa shape index (κ2) is 5.47. The number of piperazine rings is 1. The lowest BCUT2D eigenvalue weighted by Gasteiger charge is -2.40. The van der Waals surface area contributed by atoms with Crippen molar-refractivity contribution in [2.45, 2.75) is 26.8 Å². The molecule has 0 bridgehead atoms. The van der Waals surface area contributed by atoms with Gasteiger partial charge in [0, 0.05) is 31.6 Å². The van der Waals surface area contributed by atoms with E-state index < -0.39 is 0 Å². The number of hydrogen-bond acceptors (Lipinski definition) is 3. The monoisotopic (exact) mass is 264 g/mol. The van der Waals surface area contributed by atoms with E-state index in [1.54, 1.807) is 11.0 Å². The van der Waals surface area contributed by atoms with Crippen LogP contribution in [0, 0.1) is 5.92 Å². The number of carbonyl (C=O) groups is 2. The summed E-state index contributed by atoms with van der Waals surface area (Å²) in [4.78, 5) is 27.8. The second-order valence-corrected chi connectivity index (χ2v) is 5.30. The van der Waals surface area contributed by atoms with Crippen molar-refractivity contribution in [2.24, 2.45) is 5.92 Å². The SMILES string of the molecule is CC(C)C(=O)N1CCN(C(=O)c2ccoc2)C(C)C1. The fourth-order valence-corrected chi connectivity index (χ4v) is 2.38. The zero-order chi connectivity index (χ0) is 14.0. The van der Waals surface area contributed by atoms with Crippen LogP contribution < -0.4 is 0 Å². The van der Waals surface area contributed by atoms with Crippen LogP contribution in [0.2, 0.25) is 0 Å². The van der Waals surface area contributed by atoms with Gasteiger partial charge in [-0.1, -0.05) is 13.8 Å². The molecule has 1 saturated heterocycles. The molecule has 0 spiro atoms. The van der Waals surface area contributed by atoms with Gasteiger partial charge in [0.25, 0.3) is 5.91 Å². The van der Waals surface area contributed by atoms with Crippen LogP contribution in [-0.2, 0) is 4.79 Å². The summed E-state index contributed by atoms with van der Waals surface area (Å²) < 4.78 is 4.94. The molecule has 2 amide bonds. The fourth-order valence-electron chi connectivity index (χ4n) is 2.38. The third-order valence-electron chi connectivity index (χ3n) is 3.46. The smallest absolute Gasteiger partial charge is 0.257 e. The first-order chi connectivity index (χ1) is 9.00. The first-order valence-corrected chi connectivity index (χ1v) is 6.62. The Balaban J connectivity index is 2.01. The van der Waals surface area contributed by atoms with Crippen LogP contribution in [0.25, 0.3) is 0 Å². The Kier molecular flexibility index (Phi) is 3.93. The number of hydrogen-bond donors (Lipinski definition) is 0. The molecular formula is C14H20N2O3. The van der Waals surface area contributed by atoms with Crippen LogP contribution >= 0.6 is 0 Å². The quantitative estimate of drug-likeness (QED) is 0.815. The topological polar surface area (TPSA) is 53.8 Å². The first kappa shape index (κ1) is 13.6. The summed E-state index contributed by atoms with van der Waals surface area (Å²) in [5.41, 5.74) is 0.565. The summed E-state index contributed by atoms with van der Waals surface area (Å²) >= 11 is 0. The predicted octanol–water partition coefficient (Wildman–Crippen LogP) is 1.61. The van der Waals surface area contributed by atoms with Crippen molar-refractivity contribution in [1.82, 2.24) is 9.80 Å². The van der Waals surface area contributed by atoms with Crippen molar-refractivity contribution in [1.29, 1.82) is 0 Å².